The normalized spacial score (nSPS) is 23.6. The van der Waals surface area contributed by atoms with Gasteiger partial charge in [-0.15, -0.1) is 0 Å². The molecule has 0 saturated carbocycles. The van der Waals surface area contributed by atoms with Gasteiger partial charge < -0.3 is 24.6 Å². The van der Waals surface area contributed by atoms with Gasteiger partial charge in [-0.25, -0.2) is 4.98 Å². The summed E-state index contributed by atoms with van der Waals surface area (Å²) in [5.74, 6) is 1.85. The third kappa shape index (κ3) is 4.10. The Morgan fingerprint density at radius 3 is 2.77 bits per heavy atom. The minimum absolute atomic E-state index is 0.112. The van der Waals surface area contributed by atoms with Crippen molar-refractivity contribution in [3.05, 3.63) is 17.8 Å². The van der Waals surface area contributed by atoms with E-state index < -0.39 is 5.60 Å². The Labute approximate surface area is 176 Å². The van der Waals surface area contributed by atoms with Gasteiger partial charge in [0.2, 0.25) is 5.62 Å². The van der Waals surface area contributed by atoms with Gasteiger partial charge in [0.25, 0.3) is 0 Å². The number of rotatable bonds is 6. The summed E-state index contributed by atoms with van der Waals surface area (Å²) in [5.41, 5.74) is -0.281. The van der Waals surface area contributed by atoms with Crippen molar-refractivity contribution in [2.45, 2.75) is 45.1 Å². The van der Waals surface area contributed by atoms with Crippen LogP contribution < -0.4 is 20.4 Å². The number of methoxy groups -OCH3 is 1. The number of nitrogens with one attached hydrogen (secondary N) is 2. The summed E-state index contributed by atoms with van der Waals surface area (Å²) in [6.45, 7) is 9.53. The predicted octanol–water partition coefficient (Wildman–Crippen LogP) is 1.19. The molecule has 3 atom stereocenters. The lowest BCUT2D eigenvalue weighted by atomic mass is 10.1. The van der Waals surface area contributed by atoms with E-state index in [4.69, 9.17) is 19.6 Å². The highest BCUT2D eigenvalue weighted by atomic mass is 16.5. The third-order valence-corrected chi connectivity index (χ3v) is 5.52. The Hall–Kier alpha value is -2.36. The lowest BCUT2D eigenvalue weighted by Gasteiger charge is -2.38. The van der Waals surface area contributed by atoms with Gasteiger partial charge >= 0.3 is 0 Å². The Balaban J connectivity index is 1.53. The van der Waals surface area contributed by atoms with Gasteiger partial charge in [0.15, 0.2) is 11.5 Å². The molecule has 164 valence electrons. The fourth-order valence-corrected chi connectivity index (χ4v) is 4.45. The van der Waals surface area contributed by atoms with E-state index in [1.54, 1.807) is 14.0 Å². The van der Waals surface area contributed by atoms with E-state index in [9.17, 15) is 5.11 Å². The maximum Gasteiger partial charge on any atom is 0.224 e. The van der Waals surface area contributed by atoms with Gasteiger partial charge in [-0.05, 0) is 32.9 Å². The molecule has 9 nitrogen and oxygen atoms in total. The van der Waals surface area contributed by atoms with Gasteiger partial charge in [-0.1, -0.05) is 0 Å². The highest BCUT2D eigenvalue weighted by Crippen LogP contribution is 2.37. The maximum atomic E-state index is 10.9. The minimum Gasteiger partial charge on any atom is -0.491 e. The number of aromatic nitrogens is 2. The topological polar surface area (TPSA) is 105 Å². The summed E-state index contributed by atoms with van der Waals surface area (Å²) in [7, 11) is 1.56. The Morgan fingerprint density at radius 2 is 2.07 bits per heavy atom. The molecule has 0 bridgehead atoms. The average Bonchev–Trinajstić information content (AvgIpc) is 3.15. The number of aliphatic hydroxyl groups is 1. The number of fused-ring (bicyclic) bond motifs is 3. The molecule has 0 amide bonds. The highest BCUT2D eigenvalue weighted by molar-refractivity contribution is 5.95. The smallest absolute Gasteiger partial charge is 0.224 e. The second kappa shape index (κ2) is 8.05. The van der Waals surface area contributed by atoms with E-state index in [2.05, 4.69) is 15.2 Å². The van der Waals surface area contributed by atoms with Crippen LogP contribution >= 0.6 is 0 Å². The zero-order valence-electron chi connectivity index (χ0n) is 18.1. The molecule has 3 N–H and O–H groups in total. The molecule has 1 aromatic carbocycles. The van der Waals surface area contributed by atoms with Crippen LogP contribution in [0.15, 0.2) is 12.1 Å². The van der Waals surface area contributed by atoms with Crippen molar-refractivity contribution in [2.75, 3.05) is 45.2 Å². The molecule has 1 unspecified atom stereocenters. The molecule has 4 rings (SSSR count). The summed E-state index contributed by atoms with van der Waals surface area (Å²) >= 11 is 0. The van der Waals surface area contributed by atoms with Crippen molar-refractivity contribution < 1.29 is 19.3 Å². The van der Waals surface area contributed by atoms with Crippen LogP contribution in [0.25, 0.3) is 10.9 Å². The number of morpholine rings is 1. The quantitative estimate of drug-likeness (QED) is 0.648. The van der Waals surface area contributed by atoms with E-state index in [1.165, 1.54) is 0 Å². The Morgan fingerprint density at radius 1 is 1.33 bits per heavy atom. The Kier molecular flexibility index (Phi) is 5.61. The summed E-state index contributed by atoms with van der Waals surface area (Å²) in [6, 6.07) is 3.76. The van der Waals surface area contributed by atoms with Crippen molar-refractivity contribution in [1.82, 2.24) is 14.5 Å². The van der Waals surface area contributed by atoms with Gasteiger partial charge in [0.1, 0.15) is 23.5 Å². The molecule has 2 aromatic rings. The van der Waals surface area contributed by atoms with Crippen LogP contribution in [0.5, 0.6) is 11.5 Å². The van der Waals surface area contributed by atoms with E-state index in [0.29, 0.717) is 23.6 Å². The molecule has 2 aliphatic rings. The van der Waals surface area contributed by atoms with Crippen LogP contribution in [0, 0.1) is 5.41 Å². The largest absolute Gasteiger partial charge is 0.491 e. The molecule has 1 fully saturated rings. The fourth-order valence-electron chi connectivity index (χ4n) is 4.45. The van der Waals surface area contributed by atoms with Crippen LogP contribution in [0.1, 0.15) is 20.8 Å². The van der Waals surface area contributed by atoms with Crippen molar-refractivity contribution in [3.63, 3.8) is 0 Å². The van der Waals surface area contributed by atoms with Gasteiger partial charge in [0.05, 0.1) is 19.3 Å². The molecule has 0 aliphatic carbocycles. The van der Waals surface area contributed by atoms with Crippen LogP contribution in [0.3, 0.4) is 0 Å². The molecule has 3 heterocycles. The number of hydrogen-bond acceptors (Lipinski definition) is 8. The van der Waals surface area contributed by atoms with Crippen molar-refractivity contribution in [3.8, 4) is 11.5 Å². The van der Waals surface area contributed by atoms with E-state index >= 15 is 0 Å². The van der Waals surface area contributed by atoms with Crippen molar-refractivity contribution in [1.29, 1.82) is 5.41 Å². The first-order valence-corrected chi connectivity index (χ1v) is 10.4. The summed E-state index contributed by atoms with van der Waals surface area (Å²) < 4.78 is 19.2. The van der Waals surface area contributed by atoms with E-state index in [-0.39, 0.29) is 24.4 Å². The van der Waals surface area contributed by atoms with Gasteiger partial charge in [-0.2, -0.15) is 0 Å². The molecule has 2 aliphatic heterocycles. The van der Waals surface area contributed by atoms with Crippen LogP contribution in [-0.2, 0) is 11.3 Å². The molecular formula is C21H31N5O4. The number of benzene rings is 1. The second-order valence-electron chi connectivity index (χ2n) is 8.59. The van der Waals surface area contributed by atoms with Crippen LogP contribution in [-0.4, -0.2) is 77.3 Å². The van der Waals surface area contributed by atoms with Gasteiger partial charge in [-0.3, -0.25) is 14.9 Å². The molecule has 9 heteroatoms. The second-order valence-corrected chi connectivity index (χ2v) is 8.59. The van der Waals surface area contributed by atoms with E-state index in [1.807, 2.05) is 30.5 Å². The monoisotopic (exact) mass is 417 g/mol. The van der Waals surface area contributed by atoms with Crippen LogP contribution in [0.4, 0.5) is 5.82 Å². The number of anilines is 1. The summed E-state index contributed by atoms with van der Waals surface area (Å²) in [6.07, 6.45) is 0.286. The SMILES string of the molecule is COc1c(OCC(C)(O)CN2C[C@@H](C)O[C@@H](C)C2)ccc2c3n(c(=N)nc12)CCN3. The molecule has 0 spiro atoms. The summed E-state index contributed by atoms with van der Waals surface area (Å²) in [5, 5.41) is 23.4. The number of nitrogens with zero attached hydrogens (tertiary/aromatic N) is 3. The zero-order chi connectivity index (χ0) is 21.5. The molecular weight excluding hydrogens is 386 g/mol. The first-order valence-electron chi connectivity index (χ1n) is 10.4. The molecule has 0 radical (unpaired) electrons. The predicted molar refractivity (Wildman–Crippen MR) is 113 cm³/mol. The molecule has 30 heavy (non-hydrogen) atoms. The average molecular weight is 418 g/mol. The first kappa shape index (κ1) is 20.9. The van der Waals surface area contributed by atoms with Crippen molar-refractivity contribution >= 4 is 16.7 Å². The minimum atomic E-state index is -1.04. The Bertz CT molecular complexity index is 980. The third-order valence-electron chi connectivity index (χ3n) is 5.52. The standard InChI is InChI=1S/C21H31N5O4/c1-13-9-25(10-14(2)30-13)11-21(3,27)12-29-16-6-5-15-17(18(16)28-4)24-20(22)26-8-7-23-19(15)26/h5-6,13-14,22-23,27H,7-12H2,1-4H3/t13-,14+,21?. The lowest BCUT2D eigenvalue weighted by molar-refractivity contribution is -0.0952. The number of hydrogen-bond donors (Lipinski definition) is 3. The highest BCUT2D eigenvalue weighted by Gasteiger charge is 2.30. The summed E-state index contributed by atoms with van der Waals surface area (Å²) in [4.78, 5) is 6.64. The first-order chi connectivity index (χ1) is 14.3. The van der Waals surface area contributed by atoms with Crippen LogP contribution in [0.2, 0.25) is 0 Å². The lowest BCUT2D eigenvalue weighted by Crippen LogP contribution is -2.52. The fraction of sp³-hybridized carbons (Fsp3) is 0.619. The molecule has 1 aromatic heterocycles. The number of β-amino-alcohol motifs (C(OH)–C–C–N with tert-alkyl or cyclic N) is 1. The van der Waals surface area contributed by atoms with Gasteiger partial charge in [0, 0.05) is 38.1 Å². The zero-order valence-corrected chi connectivity index (χ0v) is 18.1. The maximum absolute atomic E-state index is 10.9. The van der Waals surface area contributed by atoms with E-state index in [0.717, 1.165) is 37.4 Å². The number of ether oxygens (including phenoxy) is 3. The van der Waals surface area contributed by atoms with Crippen molar-refractivity contribution in [2.24, 2.45) is 0 Å². The molecule has 1 saturated heterocycles.